The molecule has 1 amide bonds. The highest BCUT2D eigenvalue weighted by Crippen LogP contribution is 2.44. The summed E-state index contributed by atoms with van der Waals surface area (Å²) >= 11 is 0. The molecule has 5 rings (SSSR count). The molecule has 7 heteroatoms. The maximum Gasteiger partial charge on any atom is 0.232 e. The second-order valence-corrected chi connectivity index (χ2v) is 9.66. The Bertz CT molecular complexity index is 1330. The van der Waals surface area contributed by atoms with Crippen LogP contribution >= 0.6 is 0 Å². The fourth-order valence-electron chi connectivity index (χ4n) is 5.37. The van der Waals surface area contributed by atoms with Gasteiger partial charge in [0.05, 0.1) is 30.2 Å². The Morgan fingerprint density at radius 1 is 1.25 bits per heavy atom. The molecule has 2 aromatic heterocycles. The molecule has 0 radical (unpaired) electrons. The highest BCUT2D eigenvalue weighted by molar-refractivity contribution is 6.09. The van der Waals surface area contributed by atoms with Crippen molar-refractivity contribution >= 4 is 22.5 Å². The van der Waals surface area contributed by atoms with Crippen LogP contribution in [0.25, 0.3) is 22.0 Å². The van der Waals surface area contributed by atoms with Crippen molar-refractivity contribution in [1.82, 2.24) is 20.1 Å². The zero-order chi connectivity index (χ0) is 25.2. The summed E-state index contributed by atoms with van der Waals surface area (Å²) in [5.41, 5.74) is 5.29. The lowest BCUT2D eigenvalue weighted by Crippen LogP contribution is -2.37. The van der Waals surface area contributed by atoms with Gasteiger partial charge in [-0.1, -0.05) is 25.7 Å². The normalized spacial score (nSPS) is 18.8. The third-order valence-corrected chi connectivity index (χ3v) is 7.36. The van der Waals surface area contributed by atoms with Crippen LogP contribution in [-0.2, 0) is 4.79 Å². The Morgan fingerprint density at radius 2 is 2.03 bits per heavy atom. The number of hydrogen-bond donors (Lipinski definition) is 1. The Labute approximate surface area is 212 Å². The summed E-state index contributed by atoms with van der Waals surface area (Å²) in [6.45, 7) is 6.18. The third kappa shape index (κ3) is 4.30. The van der Waals surface area contributed by atoms with Crippen molar-refractivity contribution in [1.29, 1.82) is 0 Å². The number of aromatic nitrogens is 3. The Morgan fingerprint density at radius 3 is 2.69 bits per heavy atom. The van der Waals surface area contributed by atoms with Crippen LogP contribution in [0.1, 0.15) is 50.5 Å². The second-order valence-electron chi connectivity index (χ2n) is 9.66. The molecular formula is C29H33N5O2. The molecule has 186 valence electrons. The molecule has 36 heavy (non-hydrogen) atoms. The van der Waals surface area contributed by atoms with Gasteiger partial charge in [0.2, 0.25) is 5.91 Å². The van der Waals surface area contributed by atoms with E-state index in [2.05, 4.69) is 60.1 Å². The van der Waals surface area contributed by atoms with Gasteiger partial charge in [-0.25, -0.2) is 0 Å². The first-order valence-electron chi connectivity index (χ1n) is 12.6. The molecule has 0 bridgehead atoms. The number of hydrogen-bond acceptors (Lipinski definition) is 5. The smallest absolute Gasteiger partial charge is 0.232 e. The predicted molar refractivity (Wildman–Crippen MR) is 144 cm³/mol. The SMILES string of the molecule is C=C/C(=C\N(C)C1CCC=CCC1)N1C(=O)CC(C)c2cnc3cc(OC)c(-c4cn[nH]c4)cc3c21. The molecule has 0 fully saturated rings. The predicted octanol–water partition coefficient (Wildman–Crippen LogP) is 5.93. The topological polar surface area (TPSA) is 74.3 Å². The number of aromatic amines is 1. The number of carbonyl (C=O) groups is 1. The van der Waals surface area contributed by atoms with Crippen LogP contribution < -0.4 is 9.64 Å². The van der Waals surface area contributed by atoms with Crippen molar-refractivity contribution < 1.29 is 9.53 Å². The fraction of sp³-hybridized carbons (Fsp3) is 0.345. The van der Waals surface area contributed by atoms with Gasteiger partial charge in [-0.2, -0.15) is 5.10 Å². The van der Waals surface area contributed by atoms with E-state index in [0.29, 0.717) is 18.2 Å². The minimum atomic E-state index is 0.0604. The van der Waals surface area contributed by atoms with Crippen LogP contribution in [0, 0.1) is 0 Å². The van der Waals surface area contributed by atoms with Crippen molar-refractivity contribution in [3.05, 3.63) is 73.0 Å². The van der Waals surface area contributed by atoms with E-state index >= 15 is 0 Å². The van der Waals surface area contributed by atoms with Crippen LogP contribution in [-0.4, -0.2) is 46.2 Å². The number of anilines is 1. The van der Waals surface area contributed by atoms with Gasteiger partial charge in [-0.05, 0) is 49.3 Å². The number of benzene rings is 1. The van der Waals surface area contributed by atoms with Gasteiger partial charge in [-0.3, -0.25) is 19.8 Å². The molecule has 1 unspecified atom stereocenters. The van der Waals surface area contributed by atoms with E-state index in [9.17, 15) is 4.79 Å². The summed E-state index contributed by atoms with van der Waals surface area (Å²) < 4.78 is 5.69. The Kier molecular flexibility index (Phi) is 6.63. The van der Waals surface area contributed by atoms with Crippen molar-refractivity contribution in [2.45, 2.75) is 51.0 Å². The summed E-state index contributed by atoms with van der Waals surface area (Å²) in [5.74, 6) is 0.835. The van der Waals surface area contributed by atoms with Crippen LogP contribution in [0.3, 0.4) is 0 Å². The van der Waals surface area contributed by atoms with Crippen LogP contribution in [0.5, 0.6) is 5.75 Å². The number of H-pyrrole nitrogens is 1. The molecule has 1 aromatic carbocycles. The number of amides is 1. The van der Waals surface area contributed by atoms with E-state index in [4.69, 9.17) is 9.72 Å². The number of allylic oxidation sites excluding steroid dienone is 3. The number of fused-ring (bicyclic) bond motifs is 3. The van der Waals surface area contributed by atoms with Gasteiger partial charge in [-0.15, -0.1) is 0 Å². The maximum absolute atomic E-state index is 13.6. The maximum atomic E-state index is 13.6. The van der Waals surface area contributed by atoms with Gasteiger partial charge >= 0.3 is 0 Å². The highest BCUT2D eigenvalue weighted by atomic mass is 16.5. The number of nitrogens with one attached hydrogen (secondary N) is 1. The third-order valence-electron chi connectivity index (χ3n) is 7.36. The first-order chi connectivity index (χ1) is 17.5. The van der Waals surface area contributed by atoms with Crippen LogP contribution in [0.4, 0.5) is 5.69 Å². The van der Waals surface area contributed by atoms with Gasteiger partial charge in [0.1, 0.15) is 5.75 Å². The largest absolute Gasteiger partial charge is 0.496 e. The van der Waals surface area contributed by atoms with Crippen molar-refractivity contribution in [2.24, 2.45) is 0 Å². The van der Waals surface area contributed by atoms with Crippen molar-refractivity contribution in [3.63, 3.8) is 0 Å². The van der Waals surface area contributed by atoms with E-state index in [-0.39, 0.29) is 11.8 Å². The van der Waals surface area contributed by atoms with Crippen LogP contribution in [0.2, 0.25) is 0 Å². The van der Waals surface area contributed by atoms with Gasteiger partial charge in [0, 0.05) is 60.7 Å². The highest BCUT2D eigenvalue weighted by Gasteiger charge is 2.33. The standard InChI is InChI=1S/C29H33N5O2/c1-5-21(18-33(3)22-10-8-6-7-9-11-22)34-28(35)12-19(2)25-17-30-26-14-27(36-4)23(13-24(26)29(25)34)20-15-31-32-16-20/h5-7,13-19,22H,1,8-12H2,2-4H3,(H,31,32)/b21-18+. The minimum absolute atomic E-state index is 0.0604. The molecule has 1 aliphatic carbocycles. The first-order valence-corrected chi connectivity index (χ1v) is 12.6. The molecule has 1 atom stereocenters. The molecule has 2 aliphatic rings. The van der Waals surface area contributed by atoms with E-state index in [1.807, 2.05) is 23.4 Å². The Balaban J connectivity index is 1.67. The zero-order valence-corrected chi connectivity index (χ0v) is 21.2. The van der Waals surface area contributed by atoms with Gasteiger partial charge < -0.3 is 9.64 Å². The number of pyridine rings is 1. The van der Waals surface area contributed by atoms with Crippen molar-refractivity contribution in [3.8, 4) is 16.9 Å². The Hall–Kier alpha value is -3.87. The first kappa shape index (κ1) is 23.9. The van der Waals surface area contributed by atoms with E-state index in [1.54, 1.807) is 19.4 Å². The number of nitrogens with zero attached hydrogens (tertiary/aromatic N) is 4. The number of methoxy groups -OCH3 is 1. The number of carbonyl (C=O) groups excluding carboxylic acids is 1. The molecule has 7 nitrogen and oxygen atoms in total. The summed E-state index contributed by atoms with van der Waals surface area (Å²) in [5, 5.41) is 7.89. The lowest BCUT2D eigenvalue weighted by molar-refractivity contribution is -0.118. The lowest BCUT2D eigenvalue weighted by atomic mass is 9.89. The average Bonchev–Trinajstić information content (AvgIpc) is 3.28. The molecule has 1 aliphatic heterocycles. The molecule has 1 N–H and O–H groups in total. The summed E-state index contributed by atoms with van der Waals surface area (Å²) in [6, 6.07) is 4.41. The van der Waals surface area contributed by atoms with E-state index in [1.165, 1.54) is 0 Å². The molecular weight excluding hydrogens is 450 g/mol. The zero-order valence-electron chi connectivity index (χ0n) is 21.2. The number of rotatable bonds is 6. The quantitative estimate of drug-likeness (QED) is 0.347. The van der Waals surface area contributed by atoms with E-state index < -0.39 is 0 Å². The average molecular weight is 484 g/mol. The van der Waals surface area contributed by atoms with Crippen LogP contribution in [0.15, 0.2) is 67.4 Å². The summed E-state index contributed by atoms with van der Waals surface area (Å²) in [6.07, 6.45) is 18.7. The lowest BCUT2D eigenvalue weighted by Gasteiger charge is -2.35. The molecule has 3 aromatic rings. The molecule has 0 saturated heterocycles. The van der Waals surface area contributed by atoms with E-state index in [0.717, 1.165) is 64.7 Å². The second kappa shape index (κ2) is 10.0. The fourth-order valence-corrected chi connectivity index (χ4v) is 5.37. The molecule has 3 heterocycles. The monoisotopic (exact) mass is 483 g/mol. The van der Waals surface area contributed by atoms with Crippen molar-refractivity contribution in [2.75, 3.05) is 19.1 Å². The minimum Gasteiger partial charge on any atom is -0.496 e. The summed E-state index contributed by atoms with van der Waals surface area (Å²) in [4.78, 5) is 22.5. The molecule has 0 saturated carbocycles. The van der Waals surface area contributed by atoms with Gasteiger partial charge in [0.25, 0.3) is 0 Å². The van der Waals surface area contributed by atoms with Gasteiger partial charge in [0.15, 0.2) is 0 Å². The molecule has 0 spiro atoms. The summed E-state index contributed by atoms with van der Waals surface area (Å²) in [7, 11) is 3.75. The number of ether oxygens (including phenoxy) is 1.